The summed E-state index contributed by atoms with van der Waals surface area (Å²) in [6.45, 7) is 3.35. The first-order valence-electron chi connectivity index (χ1n) is 6.87. The molecule has 3 rings (SSSR count). The summed E-state index contributed by atoms with van der Waals surface area (Å²) in [7, 11) is -3.95. The van der Waals surface area contributed by atoms with E-state index in [1.165, 1.54) is 19.1 Å². The number of furan rings is 1. The molecule has 0 radical (unpaired) electrons. The van der Waals surface area contributed by atoms with Gasteiger partial charge in [0.25, 0.3) is 10.0 Å². The van der Waals surface area contributed by atoms with Gasteiger partial charge in [-0.3, -0.25) is 9.82 Å². The second-order valence-electron chi connectivity index (χ2n) is 5.20. The summed E-state index contributed by atoms with van der Waals surface area (Å²) in [6, 6.07) is 6.51. The van der Waals surface area contributed by atoms with Gasteiger partial charge in [-0.25, -0.2) is 12.8 Å². The smallest absolute Gasteiger partial charge is 0.265 e. The number of hydrogen-bond acceptors (Lipinski definition) is 4. The molecule has 2 aromatic heterocycles. The van der Waals surface area contributed by atoms with E-state index in [1.807, 2.05) is 6.92 Å². The Kier molecular flexibility index (Phi) is 4.10. The fraction of sp³-hybridized carbons (Fsp3) is 0.133. The van der Waals surface area contributed by atoms with Crippen LogP contribution in [0.3, 0.4) is 0 Å². The van der Waals surface area contributed by atoms with E-state index in [0.717, 1.165) is 17.8 Å². The number of nitrogens with zero attached hydrogens (tertiary/aromatic N) is 1. The van der Waals surface area contributed by atoms with Crippen LogP contribution in [0.5, 0.6) is 0 Å². The average Bonchev–Trinajstić information content (AvgIpc) is 3.08. The largest absolute Gasteiger partial charge is 0.458 e. The van der Waals surface area contributed by atoms with Crippen LogP contribution in [0.15, 0.2) is 39.6 Å². The van der Waals surface area contributed by atoms with Crippen LogP contribution in [0.4, 0.5) is 10.1 Å². The van der Waals surface area contributed by atoms with E-state index in [-0.39, 0.29) is 21.4 Å². The van der Waals surface area contributed by atoms with Crippen molar-refractivity contribution in [2.75, 3.05) is 4.72 Å². The topological polar surface area (TPSA) is 88.0 Å². The Morgan fingerprint density at radius 3 is 2.62 bits per heavy atom. The normalized spacial score (nSPS) is 11.7. The van der Waals surface area contributed by atoms with Crippen LogP contribution in [-0.2, 0) is 10.0 Å². The number of halogens is 2. The van der Waals surface area contributed by atoms with Crippen molar-refractivity contribution < 1.29 is 17.2 Å². The Morgan fingerprint density at radius 2 is 2.00 bits per heavy atom. The lowest BCUT2D eigenvalue weighted by molar-refractivity contribution is 0.533. The van der Waals surface area contributed by atoms with Crippen molar-refractivity contribution in [2.45, 2.75) is 18.7 Å². The van der Waals surface area contributed by atoms with Gasteiger partial charge in [0.15, 0.2) is 5.76 Å². The molecule has 6 nitrogen and oxygen atoms in total. The molecule has 2 N–H and O–H groups in total. The molecule has 0 saturated carbocycles. The summed E-state index contributed by atoms with van der Waals surface area (Å²) < 4.78 is 46.0. The fourth-order valence-electron chi connectivity index (χ4n) is 2.17. The zero-order valence-corrected chi connectivity index (χ0v) is 14.3. The van der Waals surface area contributed by atoms with Crippen molar-refractivity contribution in [2.24, 2.45) is 0 Å². The lowest BCUT2D eigenvalue weighted by atomic mass is 10.3. The number of hydrogen-bond donors (Lipinski definition) is 2. The first-order valence-corrected chi connectivity index (χ1v) is 8.73. The number of anilines is 1. The number of sulfonamides is 1. The highest BCUT2D eigenvalue weighted by Gasteiger charge is 2.23. The molecule has 0 fully saturated rings. The maximum absolute atomic E-state index is 13.1. The first kappa shape index (κ1) is 16.5. The summed E-state index contributed by atoms with van der Waals surface area (Å²) in [4.78, 5) is -0.0430. The fourth-order valence-corrected chi connectivity index (χ4v) is 3.70. The van der Waals surface area contributed by atoms with Gasteiger partial charge in [-0.2, -0.15) is 5.10 Å². The van der Waals surface area contributed by atoms with Crippen LogP contribution in [0.2, 0.25) is 5.02 Å². The Hall–Kier alpha value is -2.32. The van der Waals surface area contributed by atoms with Gasteiger partial charge in [-0.05, 0) is 38.1 Å². The Labute approximate surface area is 142 Å². The average molecular weight is 370 g/mol. The molecule has 2 heterocycles. The van der Waals surface area contributed by atoms with Crippen molar-refractivity contribution in [3.8, 4) is 11.5 Å². The van der Waals surface area contributed by atoms with E-state index < -0.39 is 15.8 Å². The molecule has 24 heavy (non-hydrogen) atoms. The molecular formula is C15H13ClFN3O3S. The van der Waals surface area contributed by atoms with Gasteiger partial charge in [0, 0.05) is 11.8 Å². The number of benzene rings is 1. The standard InChI is InChI=1S/C15H13ClFN3O3S/c1-8-5-13(19-18-8)14-7-15(9(2)23-14)24(21,22)20-12-4-3-10(17)6-11(12)16/h3-7,20H,1-2H3,(H,18,19). The van der Waals surface area contributed by atoms with Crippen LogP contribution in [-0.4, -0.2) is 18.6 Å². The van der Waals surface area contributed by atoms with Gasteiger partial charge in [-0.15, -0.1) is 0 Å². The minimum Gasteiger partial charge on any atom is -0.458 e. The highest BCUT2D eigenvalue weighted by Crippen LogP contribution is 2.30. The van der Waals surface area contributed by atoms with Crippen LogP contribution in [0, 0.1) is 19.7 Å². The van der Waals surface area contributed by atoms with E-state index >= 15 is 0 Å². The predicted molar refractivity (Wildman–Crippen MR) is 88.0 cm³/mol. The summed E-state index contributed by atoms with van der Waals surface area (Å²) in [5.74, 6) is -0.0301. The third-order valence-corrected chi connectivity index (χ3v) is 5.08. The van der Waals surface area contributed by atoms with Gasteiger partial charge in [0.1, 0.15) is 22.2 Å². The highest BCUT2D eigenvalue weighted by molar-refractivity contribution is 7.92. The molecule has 0 aliphatic rings. The second-order valence-corrected chi connectivity index (χ2v) is 7.25. The zero-order chi connectivity index (χ0) is 17.5. The van der Waals surface area contributed by atoms with Crippen molar-refractivity contribution >= 4 is 27.3 Å². The van der Waals surface area contributed by atoms with Crippen LogP contribution < -0.4 is 4.72 Å². The summed E-state index contributed by atoms with van der Waals surface area (Å²) in [5, 5.41) is 6.75. The number of nitrogens with one attached hydrogen (secondary N) is 2. The van der Waals surface area contributed by atoms with Gasteiger partial charge in [0.2, 0.25) is 0 Å². The van der Waals surface area contributed by atoms with Crippen molar-refractivity contribution in [3.63, 3.8) is 0 Å². The van der Waals surface area contributed by atoms with Gasteiger partial charge in [0.05, 0.1) is 10.7 Å². The molecule has 0 bridgehead atoms. The number of rotatable bonds is 4. The SMILES string of the molecule is Cc1cc(-c2cc(S(=O)(=O)Nc3ccc(F)cc3Cl)c(C)o2)n[nH]1. The molecule has 0 aliphatic carbocycles. The molecule has 0 amide bonds. The molecule has 0 spiro atoms. The van der Waals surface area contributed by atoms with E-state index in [1.54, 1.807) is 6.07 Å². The first-order chi connectivity index (χ1) is 11.3. The molecule has 9 heteroatoms. The summed E-state index contributed by atoms with van der Waals surface area (Å²) in [6.07, 6.45) is 0. The molecule has 0 unspecified atom stereocenters. The number of H-pyrrole nitrogens is 1. The molecule has 3 aromatic rings. The quantitative estimate of drug-likeness (QED) is 0.730. The molecular weight excluding hydrogens is 357 g/mol. The lowest BCUT2D eigenvalue weighted by Gasteiger charge is -2.08. The van der Waals surface area contributed by atoms with E-state index in [9.17, 15) is 12.8 Å². The third kappa shape index (κ3) is 3.15. The van der Waals surface area contributed by atoms with Crippen molar-refractivity contribution in [3.05, 3.63) is 52.6 Å². The van der Waals surface area contributed by atoms with Gasteiger partial charge < -0.3 is 4.42 Å². The van der Waals surface area contributed by atoms with E-state index in [4.69, 9.17) is 16.0 Å². The van der Waals surface area contributed by atoms with Crippen molar-refractivity contribution in [1.29, 1.82) is 0 Å². The lowest BCUT2D eigenvalue weighted by Crippen LogP contribution is -2.13. The summed E-state index contributed by atoms with van der Waals surface area (Å²) >= 11 is 5.86. The molecule has 1 aromatic carbocycles. The highest BCUT2D eigenvalue weighted by atomic mass is 35.5. The third-order valence-electron chi connectivity index (χ3n) is 3.30. The Balaban J connectivity index is 1.96. The van der Waals surface area contributed by atoms with Crippen molar-refractivity contribution in [1.82, 2.24) is 10.2 Å². The monoisotopic (exact) mass is 369 g/mol. The molecule has 126 valence electrons. The Morgan fingerprint density at radius 1 is 1.25 bits per heavy atom. The maximum atomic E-state index is 13.1. The number of aromatic amines is 1. The van der Waals surface area contributed by atoms with Crippen LogP contribution in [0.25, 0.3) is 11.5 Å². The molecule has 0 atom stereocenters. The second kappa shape index (κ2) is 5.95. The Bertz CT molecular complexity index is 1010. The number of aromatic nitrogens is 2. The predicted octanol–water partition coefficient (Wildman–Crippen LogP) is 3.88. The van der Waals surface area contributed by atoms with Crippen LogP contribution >= 0.6 is 11.6 Å². The van der Waals surface area contributed by atoms with Gasteiger partial charge in [-0.1, -0.05) is 11.6 Å². The number of aryl methyl sites for hydroxylation is 2. The van der Waals surface area contributed by atoms with E-state index in [0.29, 0.717) is 11.5 Å². The van der Waals surface area contributed by atoms with Crippen LogP contribution in [0.1, 0.15) is 11.5 Å². The van der Waals surface area contributed by atoms with E-state index in [2.05, 4.69) is 14.9 Å². The minimum absolute atomic E-state index is 0.0390. The zero-order valence-electron chi connectivity index (χ0n) is 12.7. The maximum Gasteiger partial charge on any atom is 0.265 e. The summed E-state index contributed by atoms with van der Waals surface area (Å²) in [5.41, 5.74) is 1.40. The minimum atomic E-state index is -3.95. The molecule has 0 saturated heterocycles. The van der Waals surface area contributed by atoms with Gasteiger partial charge >= 0.3 is 0 Å². The molecule has 0 aliphatic heterocycles.